The molecule has 11 heteroatoms. The van der Waals surface area contributed by atoms with Crippen molar-refractivity contribution in [2.45, 2.75) is 26.2 Å². The van der Waals surface area contributed by atoms with E-state index < -0.39 is 31.8 Å². The summed E-state index contributed by atoms with van der Waals surface area (Å²) in [4.78, 5) is 35.9. The molecule has 0 bridgehead atoms. The van der Waals surface area contributed by atoms with E-state index in [1.54, 1.807) is 32.2 Å². The van der Waals surface area contributed by atoms with Gasteiger partial charge in [-0.1, -0.05) is 19.9 Å². The Labute approximate surface area is 173 Å². The van der Waals surface area contributed by atoms with E-state index in [-0.39, 0.29) is 41.1 Å². The molecule has 0 aliphatic carbocycles. The minimum atomic E-state index is -1.36. The molecule has 1 aliphatic heterocycles. The van der Waals surface area contributed by atoms with Gasteiger partial charge in [0.1, 0.15) is 17.1 Å². The molecule has 0 spiro atoms. The summed E-state index contributed by atoms with van der Waals surface area (Å²) >= 11 is 1.36. The van der Waals surface area contributed by atoms with E-state index in [1.165, 1.54) is 18.9 Å². The summed E-state index contributed by atoms with van der Waals surface area (Å²) in [6.45, 7) is 2.76. The van der Waals surface area contributed by atoms with Crippen LogP contribution in [0.1, 0.15) is 29.8 Å². The number of carbonyl (C=O) groups excluding carboxylic acids is 3. The smallest absolute Gasteiger partial charge is 0.534 e. The number of rotatable bonds is 8. The first-order chi connectivity index (χ1) is 13.8. The topological polar surface area (TPSA) is 120 Å². The molecule has 1 amide bonds. The fraction of sp³-hybridized carbons (Fsp3) is 0.500. The number of hydrogen-bond donors (Lipinski definition) is 2. The molecule has 0 unspecified atom stereocenters. The summed E-state index contributed by atoms with van der Waals surface area (Å²) in [6.07, 6.45) is 2.05. The highest BCUT2D eigenvalue weighted by Gasteiger charge is 2.39. The predicted octanol–water partition coefficient (Wildman–Crippen LogP) is 0.811. The van der Waals surface area contributed by atoms with Crippen molar-refractivity contribution in [3.63, 3.8) is 0 Å². The number of carbonyl (C=O) groups is 3. The Balaban J connectivity index is 2.19. The van der Waals surface area contributed by atoms with Crippen LogP contribution in [-0.2, 0) is 25.5 Å². The summed E-state index contributed by atoms with van der Waals surface area (Å²) in [7, 11) is 0.0212. The number of thioether (sulfide) groups is 1. The van der Waals surface area contributed by atoms with Crippen LogP contribution in [-0.4, -0.2) is 61.8 Å². The Morgan fingerprint density at radius 3 is 2.69 bits per heavy atom. The maximum Gasteiger partial charge on any atom is 0.547 e. The summed E-state index contributed by atoms with van der Waals surface area (Å²) in [5.74, 6) is -2.04. The molecular weight excluding hydrogens is 401 g/mol. The summed E-state index contributed by atoms with van der Waals surface area (Å²) < 4.78 is 20.6. The second-order valence-electron chi connectivity index (χ2n) is 6.62. The third-order valence-electron chi connectivity index (χ3n) is 4.13. The Hall–Kier alpha value is -2.40. The van der Waals surface area contributed by atoms with E-state index in [4.69, 9.17) is 18.9 Å². The molecule has 29 heavy (non-hydrogen) atoms. The van der Waals surface area contributed by atoms with Gasteiger partial charge < -0.3 is 29.2 Å². The third kappa shape index (κ3) is 5.80. The van der Waals surface area contributed by atoms with Crippen LogP contribution in [0.2, 0.25) is 0 Å². The van der Waals surface area contributed by atoms with Crippen molar-refractivity contribution in [1.82, 2.24) is 5.32 Å². The fourth-order valence-electron chi connectivity index (χ4n) is 2.69. The molecule has 1 aromatic rings. The zero-order chi connectivity index (χ0) is 21.6. The Kier molecular flexibility index (Phi) is 8.21. The van der Waals surface area contributed by atoms with Gasteiger partial charge in [-0.2, -0.15) is 11.8 Å². The van der Waals surface area contributed by atoms with E-state index in [0.717, 1.165) is 0 Å². The maximum atomic E-state index is 12.6. The van der Waals surface area contributed by atoms with Gasteiger partial charge in [0.05, 0.1) is 24.7 Å². The molecule has 1 aromatic carbocycles. The quantitative estimate of drug-likeness (QED) is 0.354. The number of hydrogen-bond acceptors (Lipinski definition) is 9. The molecule has 1 heterocycles. The van der Waals surface area contributed by atoms with Crippen molar-refractivity contribution in [2.75, 3.05) is 25.9 Å². The van der Waals surface area contributed by atoms with Crippen LogP contribution in [0.3, 0.4) is 0 Å². The molecular formula is C18H24BNO8S. The zero-order valence-corrected chi connectivity index (χ0v) is 17.5. The number of esters is 2. The average Bonchev–Trinajstić information content (AvgIpc) is 2.67. The molecule has 2 rings (SSSR count). The van der Waals surface area contributed by atoms with Gasteiger partial charge in [-0.15, -0.1) is 0 Å². The maximum absolute atomic E-state index is 12.6. The van der Waals surface area contributed by atoms with E-state index >= 15 is 0 Å². The first kappa shape index (κ1) is 22.9. The van der Waals surface area contributed by atoms with Crippen molar-refractivity contribution in [1.29, 1.82) is 0 Å². The van der Waals surface area contributed by atoms with Crippen molar-refractivity contribution < 1.29 is 38.3 Å². The standard InChI is InChI=1S/C18H24BNO8S/c1-10(2)17(22)26-9-27-18(23)15-12(25-3)6-5-11-7-13(19(24)28-16(11)15)20-14(21)8-29-4/h5-6,10,13,24H,7-9H2,1-4H3,(H,20,21)/t13-/m0/s1. The van der Waals surface area contributed by atoms with Crippen LogP contribution in [0.25, 0.3) is 0 Å². The van der Waals surface area contributed by atoms with Crippen molar-refractivity contribution in [3.8, 4) is 11.5 Å². The average molecular weight is 425 g/mol. The van der Waals surface area contributed by atoms with Crippen LogP contribution in [0.4, 0.5) is 0 Å². The lowest BCUT2D eigenvalue weighted by Crippen LogP contribution is -2.53. The molecule has 1 aliphatic rings. The predicted molar refractivity (Wildman–Crippen MR) is 107 cm³/mol. The summed E-state index contributed by atoms with van der Waals surface area (Å²) in [5.41, 5.74) is 0.565. The van der Waals surface area contributed by atoms with E-state index in [9.17, 15) is 19.4 Å². The lowest BCUT2D eigenvalue weighted by Gasteiger charge is -2.29. The number of amides is 1. The molecule has 0 saturated heterocycles. The van der Waals surface area contributed by atoms with Gasteiger partial charge in [-0.3, -0.25) is 9.59 Å². The van der Waals surface area contributed by atoms with Crippen LogP contribution in [0.5, 0.6) is 11.5 Å². The van der Waals surface area contributed by atoms with E-state index in [1.807, 2.05) is 0 Å². The van der Waals surface area contributed by atoms with Crippen LogP contribution in [0, 0.1) is 5.92 Å². The highest BCUT2D eigenvalue weighted by Crippen LogP contribution is 2.36. The largest absolute Gasteiger partial charge is 0.547 e. The third-order valence-corrected chi connectivity index (χ3v) is 4.68. The molecule has 0 fully saturated rings. The minimum Gasteiger partial charge on any atom is -0.534 e. The number of ether oxygens (including phenoxy) is 3. The number of fused-ring (bicyclic) bond motifs is 1. The Morgan fingerprint density at radius 1 is 1.34 bits per heavy atom. The van der Waals surface area contributed by atoms with Crippen molar-refractivity contribution in [2.24, 2.45) is 5.92 Å². The minimum absolute atomic E-state index is 0.0291. The Bertz CT molecular complexity index is 772. The highest BCUT2D eigenvalue weighted by atomic mass is 32.2. The van der Waals surface area contributed by atoms with Crippen molar-refractivity contribution in [3.05, 3.63) is 23.3 Å². The van der Waals surface area contributed by atoms with Crippen LogP contribution < -0.4 is 14.7 Å². The number of methoxy groups -OCH3 is 1. The normalized spacial score (nSPS) is 15.2. The van der Waals surface area contributed by atoms with Gasteiger partial charge in [0.2, 0.25) is 12.7 Å². The lowest BCUT2D eigenvalue weighted by molar-refractivity contribution is -0.155. The van der Waals surface area contributed by atoms with Gasteiger partial charge >= 0.3 is 19.1 Å². The molecule has 1 atom stereocenters. The van der Waals surface area contributed by atoms with Crippen LogP contribution in [0.15, 0.2) is 12.1 Å². The van der Waals surface area contributed by atoms with Gasteiger partial charge in [0.25, 0.3) is 0 Å². The van der Waals surface area contributed by atoms with Gasteiger partial charge in [0, 0.05) is 0 Å². The monoisotopic (exact) mass is 425 g/mol. The SMILES string of the molecule is COc1ccc2c(c1C(=O)OCOC(=O)C(C)C)OB(O)[C@@H](NC(=O)CSC)C2. The lowest BCUT2D eigenvalue weighted by atomic mass is 9.72. The van der Waals surface area contributed by atoms with E-state index in [2.05, 4.69) is 5.32 Å². The van der Waals surface area contributed by atoms with E-state index in [0.29, 0.717) is 5.56 Å². The zero-order valence-electron chi connectivity index (χ0n) is 16.7. The number of nitrogens with one attached hydrogen (secondary N) is 1. The second-order valence-corrected chi connectivity index (χ2v) is 7.48. The second kappa shape index (κ2) is 10.4. The van der Waals surface area contributed by atoms with Crippen molar-refractivity contribution >= 4 is 36.7 Å². The highest BCUT2D eigenvalue weighted by molar-refractivity contribution is 7.99. The summed E-state index contributed by atoms with van der Waals surface area (Å²) in [5, 5.41) is 13.0. The molecule has 0 saturated carbocycles. The van der Waals surface area contributed by atoms with Gasteiger partial charge in [-0.25, -0.2) is 4.79 Å². The molecule has 0 radical (unpaired) electrons. The Morgan fingerprint density at radius 2 is 2.07 bits per heavy atom. The molecule has 2 N–H and O–H groups in total. The fourth-order valence-corrected chi connectivity index (χ4v) is 3.03. The molecule has 158 valence electrons. The first-order valence-corrected chi connectivity index (χ1v) is 10.3. The molecule has 9 nitrogen and oxygen atoms in total. The van der Waals surface area contributed by atoms with Gasteiger partial charge in [-0.05, 0) is 24.3 Å². The van der Waals surface area contributed by atoms with Crippen LogP contribution >= 0.6 is 11.8 Å². The molecule has 0 aromatic heterocycles. The summed E-state index contributed by atoms with van der Waals surface area (Å²) in [6, 6.07) is 3.25. The number of benzene rings is 1. The van der Waals surface area contributed by atoms with Gasteiger partial charge in [0.15, 0.2) is 0 Å². The first-order valence-electron chi connectivity index (χ1n) is 8.95.